The van der Waals surface area contributed by atoms with E-state index in [1.165, 1.54) is 0 Å². The molecular formula is C17H13ClO2. The molecule has 100 valence electrons. The van der Waals surface area contributed by atoms with E-state index in [1.807, 2.05) is 49.4 Å². The van der Waals surface area contributed by atoms with Gasteiger partial charge in [-0.2, -0.15) is 0 Å². The molecule has 0 fully saturated rings. The van der Waals surface area contributed by atoms with Crippen LogP contribution in [0.25, 0.3) is 6.08 Å². The summed E-state index contributed by atoms with van der Waals surface area (Å²) in [5.41, 5.74) is 3.47. The lowest BCUT2D eigenvalue weighted by molar-refractivity contribution is 0.0396. The highest BCUT2D eigenvalue weighted by Gasteiger charge is 2.22. The summed E-state index contributed by atoms with van der Waals surface area (Å²) in [6, 6.07) is 13.1. The summed E-state index contributed by atoms with van der Waals surface area (Å²) in [7, 11) is 0. The number of carbonyl (C=O) groups is 1. The predicted molar refractivity (Wildman–Crippen MR) is 79.8 cm³/mol. The minimum atomic E-state index is -0.351. The maximum atomic E-state index is 12.3. The van der Waals surface area contributed by atoms with Crippen LogP contribution in [0.3, 0.4) is 0 Å². The van der Waals surface area contributed by atoms with Gasteiger partial charge in [0.2, 0.25) is 0 Å². The van der Waals surface area contributed by atoms with Gasteiger partial charge in [-0.25, -0.2) is 4.79 Å². The summed E-state index contributed by atoms with van der Waals surface area (Å²) in [4.78, 5) is 12.3. The fraction of sp³-hybridized carbons (Fsp3) is 0.118. The Balaban J connectivity index is 1.84. The summed E-state index contributed by atoms with van der Waals surface area (Å²) < 4.78 is 5.58. The van der Waals surface area contributed by atoms with Gasteiger partial charge in [0, 0.05) is 10.6 Å². The van der Waals surface area contributed by atoms with Gasteiger partial charge in [0.05, 0.1) is 5.56 Å². The zero-order valence-corrected chi connectivity index (χ0v) is 11.7. The van der Waals surface area contributed by atoms with Crippen molar-refractivity contribution in [2.45, 2.75) is 13.0 Å². The second-order valence-electron chi connectivity index (χ2n) is 4.77. The SMILES string of the molecule is Cc1ccc(Cl)cc1C(=O)OC1C=Cc2ccccc21. The maximum absolute atomic E-state index is 12.3. The molecule has 1 aliphatic carbocycles. The van der Waals surface area contributed by atoms with Crippen LogP contribution in [0, 0.1) is 6.92 Å². The van der Waals surface area contributed by atoms with Gasteiger partial charge < -0.3 is 4.74 Å². The Bertz CT molecular complexity index is 704. The Morgan fingerprint density at radius 1 is 1.20 bits per heavy atom. The maximum Gasteiger partial charge on any atom is 0.339 e. The number of carbonyl (C=O) groups excluding carboxylic acids is 1. The summed E-state index contributed by atoms with van der Waals surface area (Å²) in [6.07, 6.45) is 3.54. The van der Waals surface area contributed by atoms with Crippen molar-refractivity contribution in [3.05, 3.63) is 75.8 Å². The van der Waals surface area contributed by atoms with E-state index >= 15 is 0 Å². The van der Waals surface area contributed by atoms with Gasteiger partial charge in [0.1, 0.15) is 6.10 Å². The molecule has 1 aliphatic rings. The Labute approximate surface area is 122 Å². The first-order chi connectivity index (χ1) is 9.65. The molecule has 3 rings (SSSR count). The first-order valence-electron chi connectivity index (χ1n) is 6.39. The van der Waals surface area contributed by atoms with Crippen molar-refractivity contribution in [1.82, 2.24) is 0 Å². The molecule has 2 aromatic rings. The third-order valence-electron chi connectivity index (χ3n) is 3.41. The number of ether oxygens (including phenoxy) is 1. The quantitative estimate of drug-likeness (QED) is 0.755. The Morgan fingerprint density at radius 2 is 2.00 bits per heavy atom. The normalized spacial score (nSPS) is 16.0. The monoisotopic (exact) mass is 284 g/mol. The highest BCUT2D eigenvalue weighted by atomic mass is 35.5. The van der Waals surface area contributed by atoms with Gasteiger partial charge in [-0.05, 0) is 36.3 Å². The lowest BCUT2D eigenvalue weighted by atomic mass is 10.1. The molecule has 0 saturated heterocycles. The molecule has 0 spiro atoms. The Morgan fingerprint density at radius 3 is 2.85 bits per heavy atom. The lowest BCUT2D eigenvalue weighted by Gasteiger charge is -2.14. The molecule has 2 aromatic carbocycles. The molecule has 1 atom stereocenters. The van der Waals surface area contributed by atoms with E-state index in [-0.39, 0.29) is 12.1 Å². The number of fused-ring (bicyclic) bond motifs is 1. The number of benzene rings is 2. The van der Waals surface area contributed by atoms with Gasteiger partial charge >= 0.3 is 5.97 Å². The molecule has 3 heteroatoms. The zero-order valence-electron chi connectivity index (χ0n) is 11.0. The number of hydrogen-bond acceptors (Lipinski definition) is 2. The minimum absolute atomic E-state index is 0.322. The van der Waals surface area contributed by atoms with Crippen molar-refractivity contribution >= 4 is 23.6 Å². The second kappa shape index (κ2) is 5.14. The van der Waals surface area contributed by atoms with E-state index < -0.39 is 0 Å². The van der Waals surface area contributed by atoms with Crippen LogP contribution in [0.2, 0.25) is 5.02 Å². The second-order valence-corrected chi connectivity index (χ2v) is 5.21. The molecule has 0 saturated carbocycles. The standard InChI is InChI=1S/C17H13ClO2/c1-11-6-8-13(18)10-15(11)17(19)20-16-9-7-12-4-2-3-5-14(12)16/h2-10,16H,1H3. The van der Waals surface area contributed by atoms with E-state index in [1.54, 1.807) is 12.1 Å². The van der Waals surface area contributed by atoms with E-state index in [9.17, 15) is 4.79 Å². The van der Waals surface area contributed by atoms with Crippen LogP contribution in [0.5, 0.6) is 0 Å². The Hall–Kier alpha value is -2.06. The van der Waals surface area contributed by atoms with Crippen molar-refractivity contribution in [1.29, 1.82) is 0 Å². The molecule has 2 nitrogen and oxygen atoms in total. The van der Waals surface area contributed by atoms with Gasteiger partial charge in [-0.15, -0.1) is 0 Å². The largest absolute Gasteiger partial charge is 0.450 e. The van der Waals surface area contributed by atoms with Gasteiger partial charge in [-0.1, -0.05) is 48.0 Å². The molecule has 0 N–H and O–H groups in total. The fourth-order valence-electron chi connectivity index (χ4n) is 2.31. The fourth-order valence-corrected chi connectivity index (χ4v) is 2.48. The van der Waals surface area contributed by atoms with Crippen molar-refractivity contribution < 1.29 is 9.53 Å². The molecule has 0 radical (unpaired) electrons. The molecule has 0 bridgehead atoms. The molecule has 0 aromatic heterocycles. The van der Waals surface area contributed by atoms with Crippen LogP contribution in [0.4, 0.5) is 0 Å². The van der Waals surface area contributed by atoms with E-state index in [0.717, 1.165) is 16.7 Å². The Kier molecular flexibility index (Phi) is 3.33. The van der Waals surface area contributed by atoms with Crippen LogP contribution in [-0.4, -0.2) is 5.97 Å². The average Bonchev–Trinajstić information content (AvgIpc) is 2.85. The summed E-state index contributed by atoms with van der Waals surface area (Å²) in [5.74, 6) is -0.351. The molecule has 20 heavy (non-hydrogen) atoms. The summed E-state index contributed by atoms with van der Waals surface area (Å²) >= 11 is 5.94. The molecular weight excluding hydrogens is 272 g/mol. The van der Waals surface area contributed by atoms with Crippen LogP contribution >= 0.6 is 11.6 Å². The topological polar surface area (TPSA) is 26.3 Å². The number of aryl methyl sites for hydroxylation is 1. The van der Waals surface area contributed by atoms with Crippen molar-refractivity contribution in [2.24, 2.45) is 0 Å². The third kappa shape index (κ3) is 2.35. The van der Waals surface area contributed by atoms with Crippen LogP contribution in [-0.2, 0) is 4.74 Å². The predicted octanol–water partition coefficient (Wildman–Crippen LogP) is 4.57. The highest BCUT2D eigenvalue weighted by molar-refractivity contribution is 6.31. The van der Waals surface area contributed by atoms with E-state index in [4.69, 9.17) is 16.3 Å². The zero-order chi connectivity index (χ0) is 14.1. The third-order valence-corrected chi connectivity index (χ3v) is 3.64. The van der Waals surface area contributed by atoms with Gasteiger partial charge in [0.25, 0.3) is 0 Å². The molecule has 0 heterocycles. The summed E-state index contributed by atoms with van der Waals surface area (Å²) in [6.45, 7) is 1.87. The van der Waals surface area contributed by atoms with Crippen LogP contribution in [0.15, 0.2) is 48.5 Å². The van der Waals surface area contributed by atoms with Crippen LogP contribution in [0.1, 0.15) is 33.2 Å². The molecule has 0 amide bonds. The van der Waals surface area contributed by atoms with Crippen molar-refractivity contribution in [3.63, 3.8) is 0 Å². The average molecular weight is 285 g/mol. The minimum Gasteiger partial charge on any atom is -0.450 e. The van der Waals surface area contributed by atoms with Crippen molar-refractivity contribution in [2.75, 3.05) is 0 Å². The van der Waals surface area contributed by atoms with Gasteiger partial charge in [0.15, 0.2) is 0 Å². The molecule has 0 aliphatic heterocycles. The highest BCUT2D eigenvalue weighted by Crippen LogP contribution is 2.31. The lowest BCUT2D eigenvalue weighted by Crippen LogP contribution is -2.10. The number of esters is 1. The number of rotatable bonds is 2. The first-order valence-corrected chi connectivity index (χ1v) is 6.77. The smallest absolute Gasteiger partial charge is 0.339 e. The summed E-state index contributed by atoms with van der Waals surface area (Å²) in [5, 5.41) is 0.532. The molecule has 1 unspecified atom stereocenters. The number of halogens is 1. The van der Waals surface area contributed by atoms with E-state index in [0.29, 0.717) is 10.6 Å². The van der Waals surface area contributed by atoms with Gasteiger partial charge in [-0.3, -0.25) is 0 Å². The first kappa shape index (κ1) is 12.9. The number of hydrogen-bond donors (Lipinski definition) is 0. The van der Waals surface area contributed by atoms with E-state index in [2.05, 4.69) is 0 Å². The van der Waals surface area contributed by atoms with Crippen LogP contribution < -0.4 is 0 Å². The van der Waals surface area contributed by atoms with Crippen molar-refractivity contribution in [3.8, 4) is 0 Å².